The van der Waals surface area contributed by atoms with Gasteiger partial charge < -0.3 is 5.32 Å². The predicted octanol–water partition coefficient (Wildman–Crippen LogP) is 4.24. The fraction of sp³-hybridized carbons (Fsp3) is 0.214. The van der Waals surface area contributed by atoms with Crippen molar-refractivity contribution in [1.82, 2.24) is 10.3 Å². The molecule has 2 nitrogen and oxygen atoms in total. The zero-order valence-corrected chi connectivity index (χ0v) is 12.9. The molecule has 1 aromatic carbocycles. The Hall–Kier alpha value is -0.910. The maximum Gasteiger partial charge on any atom is 0.123 e. The summed E-state index contributed by atoms with van der Waals surface area (Å²) < 4.78 is 14.3. The molecule has 1 aromatic heterocycles. The van der Waals surface area contributed by atoms with Crippen LogP contribution in [0.2, 0.25) is 0 Å². The Labute approximate surface area is 125 Å². The molecule has 19 heavy (non-hydrogen) atoms. The molecule has 0 spiro atoms. The van der Waals surface area contributed by atoms with Crippen LogP contribution in [0.3, 0.4) is 0 Å². The number of benzene rings is 1. The fourth-order valence-electron chi connectivity index (χ4n) is 1.58. The van der Waals surface area contributed by atoms with Crippen LogP contribution in [0.25, 0.3) is 0 Å². The average molecular weight is 341 g/mol. The van der Waals surface area contributed by atoms with Gasteiger partial charge in [-0.1, -0.05) is 18.7 Å². The highest BCUT2D eigenvalue weighted by Crippen LogP contribution is 2.30. The van der Waals surface area contributed by atoms with Gasteiger partial charge in [-0.3, -0.25) is 0 Å². The summed E-state index contributed by atoms with van der Waals surface area (Å²) in [6.45, 7) is 3.55. The Morgan fingerprint density at radius 2 is 2.16 bits per heavy atom. The lowest BCUT2D eigenvalue weighted by atomic mass is 10.2. The van der Waals surface area contributed by atoms with Gasteiger partial charge in [0.25, 0.3) is 0 Å². The van der Waals surface area contributed by atoms with Gasteiger partial charge in [0.1, 0.15) is 10.8 Å². The standard InChI is InChI=1S/C14H14BrFN2S/c1-2-17-8-10-7-12(16)4-5-13(10)19-14-6-3-11(15)9-18-14/h3-7,9,17H,2,8H2,1H3. The molecular weight excluding hydrogens is 327 g/mol. The largest absolute Gasteiger partial charge is 0.313 e. The fourth-order valence-corrected chi connectivity index (χ4v) is 2.68. The molecule has 0 unspecified atom stereocenters. The first kappa shape index (κ1) is 14.5. The summed E-state index contributed by atoms with van der Waals surface area (Å²) >= 11 is 4.90. The monoisotopic (exact) mass is 340 g/mol. The van der Waals surface area contributed by atoms with Gasteiger partial charge in [-0.15, -0.1) is 0 Å². The Morgan fingerprint density at radius 3 is 2.84 bits per heavy atom. The van der Waals surface area contributed by atoms with Crippen molar-refractivity contribution < 1.29 is 4.39 Å². The molecule has 0 aliphatic rings. The molecule has 0 radical (unpaired) electrons. The molecule has 0 fully saturated rings. The summed E-state index contributed by atoms with van der Waals surface area (Å²) in [6.07, 6.45) is 1.76. The number of rotatable bonds is 5. The second kappa shape index (κ2) is 7.03. The molecule has 0 saturated heterocycles. The van der Waals surface area contributed by atoms with Gasteiger partial charge in [0.05, 0.1) is 0 Å². The Morgan fingerprint density at radius 1 is 1.32 bits per heavy atom. The molecule has 0 aliphatic carbocycles. The molecule has 0 aliphatic heterocycles. The van der Waals surface area contributed by atoms with Crippen LogP contribution in [0, 0.1) is 5.82 Å². The second-order valence-electron chi connectivity index (χ2n) is 3.95. The molecule has 100 valence electrons. The molecule has 0 saturated carbocycles. The highest BCUT2D eigenvalue weighted by molar-refractivity contribution is 9.10. The van der Waals surface area contributed by atoms with Gasteiger partial charge in [0, 0.05) is 22.1 Å². The van der Waals surface area contributed by atoms with Crippen molar-refractivity contribution in [3.8, 4) is 0 Å². The van der Waals surface area contributed by atoms with E-state index < -0.39 is 0 Å². The van der Waals surface area contributed by atoms with E-state index >= 15 is 0 Å². The topological polar surface area (TPSA) is 24.9 Å². The van der Waals surface area contributed by atoms with E-state index in [-0.39, 0.29) is 5.82 Å². The van der Waals surface area contributed by atoms with Crippen molar-refractivity contribution in [1.29, 1.82) is 0 Å². The number of hydrogen-bond acceptors (Lipinski definition) is 3. The summed E-state index contributed by atoms with van der Waals surface area (Å²) in [5, 5.41) is 4.12. The minimum atomic E-state index is -0.207. The number of aromatic nitrogens is 1. The van der Waals surface area contributed by atoms with Crippen LogP contribution in [0.15, 0.2) is 50.9 Å². The minimum Gasteiger partial charge on any atom is -0.313 e. The number of nitrogens with one attached hydrogen (secondary N) is 1. The molecule has 1 heterocycles. The van der Waals surface area contributed by atoms with E-state index in [1.165, 1.54) is 6.07 Å². The van der Waals surface area contributed by atoms with Crippen LogP contribution in [-0.2, 0) is 6.54 Å². The Kier molecular flexibility index (Phi) is 5.36. The van der Waals surface area contributed by atoms with Crippen molar-refractivity contribution in [2.45, 2.75) is 23.4 Å². The zero-order valence-electron chi connectivity index (χ0n) is 10.5. The predicted molar refractivity (Wildman–Crippen MR) is 79.8 cm³/mol. The summed E-state index contributed by atoms with van der Waals surface area (Å²) in [7, 11) is 0. The lowest BCUT2D eigenvalue weighted by molar-refractivity contribution is 0.619. The maximum atomic E-state index is 13.3. The lowest BCUT2D eigenvalue weighted by Gasteiger charge is -2.09. The van der Waals surface area contributed by atoms with E-state index in [1.54, 1.807) is 30.1 Å². The molecule has 0 amide bonds. The van der Waals surface area contributed by atoms with Gasteiger partial charge in [0.15, 0.2) is 0 Å². The van der Waals surface area contributed by atoms with Gasteiger partial charge in [-0.05, 0) is 58.4 Å². The minimum absolute atomic E-state index is 0.207. The third kappa shape index (κ3) is 4.30. The zero-order chi connectivity index (χ0) is 13.7. The van der Waals surface area contributed by atoms with Crippen LogP contribution < -0.4 is 5.32 Å². The first-order valence-corrected chi connectivity index (χ1v) is 7.58. The van der Waals surface area contributed by atoms with Gasteiger partial charge in [-0.25, -0.2) is 9.37 Å². The highest BCUT2D eigenvalue weighted by atomic mass is 79.9. The summed E-state index contributed by atoms with van der Waals surface area (Å²) in [5.41, 5.74) is 0.955. The summed E-state index contributed by atoms with van der Waals surface area (Å²) in [5.74, 6) is -0.207. The first-order chi connectivity index (χ1) is 9.19. The quantitative estimate of drug-likeness (QED) is 0.880. The third-order valence-electron chi connectivity index (χ3n) is 2.50. The highest BCUT2D eigenvalue weighted by Gasteiger charge is 2.06. The smallest absolute Gasteiger partial charge is 0.123 e. The van der Waals surface area contributed by atoms with E-state index in [1.807, 2.05) is 19.1 Å². The summed E-state index contributed by atoms with van der Waals surface area (Å²) in [4.78, 5) is 5.34. The molecule has 2 aromatic rings. The maximum absolute atomic E-state index is 13.3. The number of halogens is 2. The molecule has 2 rings (SSSR count). The van der Waals surface area contributed by atoms with Crippen LogP contribution in [-0.4, -0.2) is 11.5 Å². The number of hydrogen-bond donors (Lipinski definition) is 1. The van der Waals surface area contributed by atoms with E-state index in [0.717, 1.165) is 26.5 Å². The van der Waals surface area contributed by atoms with Crippen LogP contribution in [0.5, 0.6) is 0 Å². The molecule has 0 atom stereocenters. The van der Waals surface area contributed by atoms with E-state index in [4.69, 9.17) is 0 Å². The van der Waals surface area contributed by atoms with Crippen molar-refractivity contribution in [2.75, 3.05) is 6.54 Å². The molecule has 5 heteroatoms. The Balaban J connectivity index is 2.20. The van der Waals surface area contributed by atoms with E-state index in [0.29, 0.717) is 6.54 Å². The van der Waals surface area contributed by atoms with Crippen molar-refractivity contribution in [3.63, 3.8) is 0 Å². The van der Waals surface area contributed by atoms with Gasteiger partial charge in [0.2, 0.25) is 0 Å². The third-order valence-corrected chi connectivity index (χ3v) is 4.04. The van der Waals surface area contributed by atoms with Crippen molar-refractivity contribution in [3.05, 3.63) is 52.4 Å². The first-order valence-electron chi connectivity index (χ1n) is 5.97. The summed E-state index contributed by atoms with van der Waals surface area (Å²) in [6, 6.07) is 8.74. The van der Waals surface area contributed by atoms with E-state index in [2.05, 4.69) is 26.2 Å². The second-order valence-corrected chi connectivity index (χ2v) is 5.93. The SMILES string of the molecule is CCNCc1cc(F)ccc1Sc1ccc(Br)cn1. The number of nitrogens with zero attached hydrogens (tertiary/aromatic N) is 1. The van der Waals surface area contributed by atoms with Crippen LogP contribution in [0.1, 0.15) is 12.5 Å². The average Bonchev–Trinajstić information content (AvgIpc) is 2.41. The van der Waals surface area contributed by atoms with Crippen molar-refractivity contribution in [2.24, 2.45) is 0 Å². The molecule has 1 N–H and O–H groups in total. The normalized spacial score (nSPS) is 10.7. The Bertz CT molecular complexity index is 546. The van der Waals surface area contributed by atoms with Crippen LogP contribution in [0.4, 0.5) is 4.39 Å². The van der Waals surface area contributed by atoms with E-state index in [9.17, 15) is 4.39 Å². The molecular formula is C14H14BrFN2S. The van der Waals surface area contributed by atoms with Gasteiger partial charge in [-0.2, -0.15) is 0 Å². The van der Waals surface area contributed by atoms with Crippen LogP contribution >= 0.6 is 27.7 Å². The molecule has 0 bridgehead atoms. The lowest BCUT2D eigenvalue weighted by Crippen LogP contribution is -2.12. The van der Waals surface area contributed by atoms with Crippen molar-refractivity contribution >= 4 is 27.7 Å². The van der Waals surface area contributed by atoms with Gasteiger partial charge >= 0.3 is 0 Å². The number of pyridine rings is 1.